The van der Waals surface area contributed by atoms with Crippen molar-refractivity contribution in [3.05, 3.63) is 132 Å². The van der Waals surface area contributed by atoms with Gasteiger partial charge in [0.05, 0.1) is 16.6 Å². The van der Waals surface area contributed by atoms with Crippen molar-refractivity contribution in [3.63, 3.8) is 0 Å². The predicted octanol–water partition coefficient (Wildman–Crippen LogP) is 12.9. The molecule has 0 spiro atoms. The number of pyridine rings is 1. The molecule has 4 nitrogen and oxygen atoms in total. The molecule has 1 N–H and O–H groups in total. The van der Waals surface area contributed by atoms with Crippen LogP contribution in [0.5, 0.6) is 5.75 Å². The average molecular weight is 880 g/mol. The number of imidazole rings is 1. The Morgan fingerprint density at radius 3 is 1.94 bits per heavy atom. The van der Waals surface area contributed by atoms with E-state index < -0.39 is 0 Å². The molecule has 5 aromatic carbocycles. The topological polar surface area (TPSA) is 50.9 Å². The van der Waals surface area contributed by atoms with Crippen LogP contribution in [0.15, 0.2) is 103 Å². The summed E-state index contributed by atoms with van der Waals surface area (Å²) >= 11 is 0. The molecule has 0 saturated carbocycles. The quantitative estimate of drug-likeness (QED) is 0.169. The second-order valence-corrected chi connectivity index (χ2v) is 16.9. The van der Waals surface area contributed by atoms with Crippen molar-refractivity contribution in [1.82, 2.24) is 14.5 Å². The first-order valence-electron chi connectivity index (χ1n) is 18.5. The number of phenols is 1. The maximum atomic E-state index is 11.3. The summed E-state index contributed by atoms with van der Waals surface area (Å²) in [6.45, 7) is 22.3. The summed E-state index contributed by atoms with van der Waals surface area (Å²) in [6.07, 6.45) is 1.94. The Kier molecular flexibility index (Phi) is 10.4. The number of para-hydroxylation sites is 1. The smallest absolute Gasteiger partial charge is 0.148 e. The van der Waals surface area contributed by atoms with Gasteiger partial charge in [-0.2, -0.15) is 0 Å². The molecule has 0 bridgehead atoms. The van der Waals surface area contributed by atoms with Crippen LogP contribution < -0.4 is 0 Å². The number of benzene rings is 5. The Morgan fingerprint density at radius 2 is 1.30 bits per heavy atom. The molecular weight excluding hydrogens is 830 g/mol. The van der Waals surface area contributed by atoms with Crippen LogP contribution in [0.4, 0.5) is 0 Å². The maximum absolute atomic E-state index is 11.3. The minimum atomic E-state index is -0.0387. The number of nitrogens with zero attached hydrogens (tertiary/aromatic N) is 3. The molecule has 0 saturated heterocycles. The summed E-state index contributed by atoms with van der Waals surface area (Å²) in [7, 11) is 0. The van der Waals surface area contributed by atoms with Crippen molar-refractivity contribution >= 4 is 21.9 Å². The molecule has 274 valence electrons. The van der Waals surface area contributed by atoms with Crippen LogP contribution in [0, 0.1) is 6.07 Å². The van der Waals surface area contributed by atoms with Gasteiger partial charge in [0.15, 0.2) is 0 Å². The number of hydrogen-bond acceptors (Lipinski definition) is 3. The van der Waals surface area contributed by atoms with Gasteiger partial charge in [0.25, 0.3) is 0 Å². The van der Waals surface area contributed by atoms with E-state index in [-0.39, 0.29) is 37.6 Å². The van der Waals surface area contributed by atoms with E-state index in [1.165, 1.54) is 22.1 Å². The zero-order chi connectivity index (χ0) is 37.1. The van der Waals surface area contributed by atoms with Crippen molar-refractivity contribution in [3.8, 4) is 45.1 Å². The molecule has 0 aliphatic rings. The number of rotatable bonds is 6. The number of phenolic OH excluding ortho intramolecular Hbond substituents is 1. The molecule has 2 aromatic heterocycles. The molecule has 7 rings (SSSR count). The number of aromatic hydroxyl groups is 1. The maximum Gasteiger partial charge on any atom is 0.148 e. The van der Waals surface area contributed by atoms with Gasteiger partial charge in [-0.1, -0.05) is 123 Å². The first kappa shape index (κ1) is 38.2. The first-order valence-corrected chi connectivity index (χ1v) is 18.5. The first-order chi connectivity index (χ1) is 24.6. The Hall–Kier alpha value is -4.53. The second-order valence-electron chi connectivity index (χ2n) is 16.9. The fourth-order valence-electron chi connectivity index (χ4n) is 7.16. The fourth-order valence-corrected chi connectivity index (χ4v) is 7.16. The Labute approximate surface area is 329 Å². The summed E-state index contributed by atoms with van der Waals surface area (Å²) in [6, 6.07) is 37.9. The van der Waals surface area contributed by atoms with Gasteiger partial charge in [0.2, 0.25) is 0 Å². The van der Waals surface area contributed by atoms with E-state index in [1.54, 1.807) is 6.07 Å². The molecule has 5 heteroatoms. The van der Waals surface area contributed by atoms with Crippen molar-refractivity contribution in [1.29, 1.82) is 0 Å². The summed E-state index contributed by atoms with van der Waals surface area (Å²) in [4.78, 5) is 10.3. The van der Waals surface area contributed by atoms with Crippen LogP contribution in [0.2, 0.25) is 0 Å². The van der Waals surface area contributed by atoms with Crippen LogP contribution in [0.25, 0.3) is 61.3 Å². The minimum Gasteiger partial charge on any atom is -0.507 e. The van der Waals surface area contributed by atoms with Crippen LogP contribution in [-0.4, -0.2) is 19.6 Å². The van der Waals surface area contributed by atoms with Gasteiger partial charge in [-0.15, -0.1) is 35.4 Å². The SMILES string of the molecule is CC(C)c1ccc(O)c(-c2nc3c(-c4[c-]c(-c5cc(C(C)(C)C)cc6c(C(C)C)ccnc56)ccc4)cccc3n2-c2ccc(C(C)(C)C)cc2)c1.[Pt]. The van der Waals surface area contributed by atoms with Crippen molar-refractivity contribution in [2.75, 3.05) is 0 Å². The molecule has 0 aliphatic carbocycles. The molecule has 2 heterocycles. The van der Waals surface area contributed by atoms with Gasteiger partial charge < -0.3 is 5.11 Å². The molecule has 0 amide bonds. The minimum absolute atomic E-state index is 0. The van der Waals surface area contributed by atoms with Crippen LogP contribution in [-0.2, 0) is 31.9 Å². The van der Waals surface area contributed by atoms with E-state index >= 15 is 0 Å². The number of aromatic nitrogens is 3. The molecule has 53 heavy (non-hydrogen) atoms. The summed E-state index contributed by atoms with van der Waals surface area (Å²) in [5.74, 6) is 1.59. The van der Waals surface area contributed by atoms with Gasteiger partial charge in [0.1, 0.15) is 11.6 Å². The van der Waals surface area contributed by atoms with Gasteiger partial charge in [0, 0.05) is 38.5 Å². The van der Waals surface area contributed by atoms with Gasteiger partial charge in [-0.3, -0.25) is 9.55 Å². The monoisotopic (exact) mass is 879 g/mol. The van der Waals surface area contributed by atoms with Crippen molar-refractivity contribution < 1.29 is 26.2 Å². The second kappa shape index (κ2) is 14.4. The summed E-state index contributed by atoms with van der Waals surface area (Å²) in [5, 5.41) is 12.5. The van der Waals surface area contributed by atoms with Crippen LogP contribution in [0.3, 0.4) is 0 Å². The third kappa shape index (κ3) is 7.23. The fraction of sp³-hybridized carbons (Fsp3) is 0.292. The van der Waals surface area contributed by atoms with E-state index in [9.17, 15) is 5.11 Å². The molecule has 0 aliphatic heterocycles. The van der Waals surface area contributed by atoms with E-state index in [1.807, 2.05) is 12.3 Å². The van der Waals surface area contributed by atoms with Crippen LogP contribution in [0.1, 0.15) is 103 Å². The Bertz CT molecular complexity index is 2440. The van der Waals surface area contributed by atoms with Crippen molar-refractivity contribution in [2.24, 2.45) is 0 Å². The average Bonchev–Trinajstić information content (AvgIpc) is 3.50. The Balaban J connectivity index is 0.00000481. The van der Waals surface area contributed by atoms with E-state index in [0.717, 1.165) is 50.1 Å². The van der Waals surface area contributed by atoms with Gasteiger partial charge in [-0.05, 0) is 86.7 Å². The molecule has 7 aromatic rings. The predicted molar refractivity (Wildman–Crippen MR) is 219 cm³/mol. The molecule has 0 unspecified atom stereocenters. The number of fused-ring (bicyclic) bond motifs is 2. The standard InChI is InChI=1S/C48H50N3O.Pt/c1-29(2)31-17-22-43(52)41(26-31)46-50-45-38(15-12-16-42(45)51(46)36-20-18-34(19-21-36)47(5,6)7)32-13-11-14-33(25-32)39-27-35(48(8,9)10)28-40-37(30(3)4)23-24-49-44(39)40;/h11-24,26-30,52H,1-10H3;/q-1;. The molecule has 0 atom stereocenters. The normalized spacial score (nSPS) is 12.2. The largest absolute Gasteiger partial charge is 0.507 e. The molecule has 0 fully saturated rings. The Morgan fingerprint density at radius 1 is 0.642 bits per heavy atom. The summed E-state index contributed by atoms with van der Waals surface area (Å²) < 4.78 is 2.19. The van der Waals surface area contributed by atoms with E-state index in [2.05, 4.69) is 165 Å². The van der Waals surface area contributed by atoms with Crippen molar-refractivity contribution in [2.45, 2.75) is 91.9 Å². The molecule has 0 radical (unpaired) electrons. The van der Waals surface area contributed by atoms with E-state index in [0.29, 0.717) is 23.2 Å². The summed E-state index contributed by atoms with van der Waals surface area (Å²) in [5.41, 5.74) is 13.5. The van der Waals surface area contributed by atoms with E-state index in [4.69, 9.17) is 9.97 Å². The molecular formula is C48H50N3OPt-. The van der Waals surface area contributed by atoms with Gasteiger partial charge in [-0.25, -0.2) is 4.98 Å². The van der Waals surface area contributed by atoms with Gasteiger partial charge >= 0.3 is 0 Å². The van der Waals surface area contributed by atoms with Crippen LogP contribution >= 0.6 is 0 Å². The third-order valence-electron chi connectivity index (χ3n) is 10.3. The number of hydrogen-bond donors (Lipinski definition) is 1. The third-order valence-corrected chi connectivity index (χ3v) is 10.3. The zero-order valence-electron chi connectivity index (χ0n) is 32.6. The zero-order valence-corrected chi connectivity index (χ0v) is 34.8.